The highest BCUT2D eigenvalue weighted by Gasteiger charge is 2.17. The number of piperidine rings is 1. The fourth-order valence-corrected chi connectivity index (χ4v) is 4.35. The molecule has 0 atom stereocenters. The zero-order valence-electron chi connectivity index (χ0n) is 18.6. The molecule has 2 aromatic rings. The lowest BCUT2D eigenvalue weighted by molar-refractivity contribution is -0.121. The molecule has 1 aliphatic heterocycles. The quantitative estimate of drug-likeness (QED) is 0.686. The van der Waals surface area contributed by atoms with Gasteiger partial charge in [-0.2, -0.15) is 0 Å². The summed E-state index contributed by atoms with van der Waals surface area (Å²) in [6.45, 7) is 7.80. The van der Waals surface area contributed by atoms with Crippen LogP contribution in [-0.2, 0) is 25.3 Å². The second kappa shape index (κ2) is 9.55. The summed E-state index contributed by atoms with van der Waals surface area (Å²) < 4.78 is 2.50. The van der Waals surface area contributed by atoms with Crippen molar-refractivity contribution in [2.45, 2.75) is 52.4 Å². The molecule has 1 N–H and O–H groups in total. The number of likely N-dealkylation sites (tertiary alicyclic amines) is 1. The standard InChI is InChI=1S/C22H33N5O3/c1-15-17(9-10-18(28)23-11-8-14-27-12-6-5-7-13-27)16(2)24-20-19(15)21(29)26(4)22(30)25(20)3/h5-14H2,1-4H3,(H,23,28). The van der Waals surface area contributed by atoms with E-state index in [2.05, 4.69) is 15.2 Å². The summed E-state index contributed by atoms with van der Waals surface area (Å²) in [7, 11) is 3.09. The SMILES string of the molecule is Cc1nc2c(c(C)c1CCC(=O)NCCCN1CCCCC1)c(=O)n(C)c(=O)n2C. The molecule has 3 rings (SSSR count). The summed E-state index contributed by atoms with van der Waals surface area (Å²) in [6.07, 6.45) is 5.73. The van der Waals surface area contributed by atoms with Crippen LogP contribution in [0, 0.1) is 13.8 Å². The maximum Gasteiger partial charge on any atom is 0.332 e. The van der Waals surface area contributed by atoms with E-state index in [-0.39, 0.29) is 11.5 Å². The van der Waals surface area contributed by atoms with Gasteiger partial charge in [0.25, 0.3) is 5.56 Å². The van der Waals surface area contributed by atoms with E-state index in [4.69, 9.17) is 0 Å². The first-order chi connectivity index (χ1) is 14.3. The van der Waals surface area contributed by atoms with Crippen LogP contribution in [-0.4, -0.2) is 51.1 Å². The molecule has 30 heavy (non-hydrogen) atoms. The molecule has 1 amide bonds. The number of fused-ring (bicyclic) bond motifs is 1. The van der Waals surface area contributed by atoms with Crippen LogP contribution in [0.1, 0.15) is 48.9 Å². The zero-order valence-corrected chi connectivity index (χ0v) is 18.6. The monoisotopic (exact) mass is 415 g/mol. The molecule has 0 aromatic carbocycles. The van der Waals surface area contributed by atoms with Crippen LogP contribution < -0.4 is 16.6 Å². The van der Waals surface area contributed by atoms with Crippen LogP contribution in [0.5, 0.6) is 0 Å². The first-order valence-corrected chi connectivity index (χ1v) is 10.9. The fraction of sp³-hybridized carbons (Fsp3) is 0.636. The van der Waals surface area contributed by atoms with E-state index in [1.807, 2.05) is 13.8 Å². The van der Waals surface area contributed by atoms with Crippen LogP contribution in [0.2, 0.25) is 0 Å². The summed E-state index contributed by atoms with van der Waals surface area (Å²) in [5, 5.41) is 3.45. The molecule has 0 spiro atoms. The van der Waals surface area contributed by atoms with Gasteiger partial charge in [0, 0.05) is 32.8 Å². The van der Waals surface area contributed by atoms with Gasteiger partial charge < -0.3 is 10.2 Å². The van der Waals surface area contributed by atoms with Gasteiger partial charge in [-0.05, 0) is 70.3 Å². The van der Waals surface area contributed by atoms with Gasteiger partial charge in [-0.3, -0.25) is 18.7 Å². The molecule has 1 saturated heterocycles. The maximum absolute atomic E-state index is 12.7. The Balaban J connectivity index is 1.63. The Morgan fingerprint density at radius 1 is 1.07 bits per heavy atom. The first-order valence-electron chi connectivity index (χ1n) is 10.9. The molecule has 2 aromatic heterocycles. The maximum atomic E-state index is 12.7. The molecule has 1 aliphatic rings. The molecule has 3 heterocycles. The van der Waals surface area contributed by atoms with Gasteiger partial charge in [-0.1, -0.05) is 6.42 Å². The van der Waals surface area contributed by atoms with E-state index in [0.717, 1.165) is 34.4 Å². The largest absolute Gasteiger partial charge is 0.356 e. The second-order valence-electron chi connectivity index (χ2n) is 8.31. The lowest BCUT2D eigenvalue weighted by Gasteiger charge is -2.26. The Hall–Kier alpha value is -2.48. The Bertz CT molecular complexity index is 1050. The predicted octanol–water partition coefficient (Wildman–Crippen LogP) is 1.17. The molecule has 1 fully saturated rings. The average Bonchev–Trinajstić information content (AvgIpc) is 2.74. The highest BCUT2D eigenvalue weighted by atomic mass is 16.2. The average molecular weight is 416 g/mol. The Morgan fingerprint density at radius 2 is 1.77 bits per heavy atom. The van der Waals surface area contributed by atoms with Gasteiger partial charge >= 0.3 is 5.69 Å². The highest BCUT2D eigenvalue weighted by Crippen LogP contribution is 2.20. The van der Waals surface area contributed by atoms with Crippen molar-refractivity contribution in [2.24, 2.45) is 14.1 Å². The van der Waals surface area contributed by atoms with E-state index >= 15 is 0 Å². The van der Waals surface area contributed by atoms with Crippen molar-refractivity contribution in [3.63, 3.8) is 0 Å². The number of aryl methyl sites for hydroxylation is 3. The van der Waals surface area contributed by atoms with Crippen molar-refractivity contribution >= 4 is 16.9 Å². The third-order valence-corrected chi connectivity index (χ3v) is 6.20. The molecule has 164 valence electrons. The first kappa shape index (κ1) is 22.2. The minimum atomic E-state index is -0.393. The fourth-order valence-electron chi connectivity index (χ4n) is 4.35. The lowest BCUT2D eigenvalue weighted by atomic mass is 10.00. The van der Waals surface area contributed by atoms with E-state index in [1.54, 1.807) is 7.05 Å². The summed E-state index contributed by atoms with van der Waals surface area (Å²) >= 11 is 0. The van der Waals surface area contributed by atoms with Crippen molar-refractivity contribution in [2.75, 3.05) is 26.2 Å². The Kier molecular flexibility index (Phi) is 7.07. The molecule has 0 unspecified atom stereocenters. The number of nitrogens with zero attached hydrogens (tertiary/aromatic N) is 4. The van der Waals surface area contributed by atoms with Crippen molar-refractivity contribution in [1.82, 2.24) is 24.3 Å². The molecule has 8 heteroatoms. The van der Waals surface area contributed by atoms with Crippen LogP contribution in [0.15, 0.2) is 9.59 Å². The number of carbonyl (C=O) groups is 1. The van der Waals surface area contributed by atoms with E-state index in [9.17, 15) is 14.4 Å². The summed E-state index contributed by atoms with van der Waals surface area (Å²) in [5.74, 6) is 0.0147. The number of rotatable bonds is 7. The smallest absolute Gasteiger partial charge is 0.332 e. The van der Waals surface area contributed by atoms with Gasteiger partial charge in [0.1, 0.15) is 5.65 Å². The molecular weight excluding hydrogens is 382 g/mol. The van der Waals surface area contributed by atoms with Crippen molar-refractivity contribution in [3.8, 4) is 0 Å². The van der Waals surface area contributed by atoms with Gasteiger partial charge in [0.15, 0.2) is 0 Å². The number of hydrogen-bond donors (Lipinski definition) is 1. The topological polar surface area (TPSA) is 89.2 Å². The second-order valence-corrected chi connectivity index (χ2v) is 8.31. The highest BCUT2D eigenvalue weighted by molar-refractivity contribution is 5.80. The van der Waals surface area contributed by atoms with E-state index in [1.165, 1.54) is 44.0 Å². The summed E-state index contributed by atoms with van der Waals surface area (Å²) in [4.78, 5) is 44.1. The molecule has 0 radical (unpaired) electrons. The molecule has 0 saturated carbocycles. The van der Waals surface area contributed by atoms with Crippen LogP contribution in [0.4, 0.5) is 0 Å². The molecular formula is C22H33N5O3. The van der Waals surface area contributed by atoms with Crippen molar-refractivity contribution in [3.05, 3.63) is 37.7 Å². The van der Waals surface area contributed by atoms with E-state index < -0.39 is 5.69 Å². The van der Waals surface area contributed by atoms with E-state index in [0.29, 0.717) is 30.4 Å². The van der Waals surface area contributed by atoms with Gasteiger partial charge in [0.05, 0.1) is 5.39 Å². The Morgan fingerprint density at radius 3 is 2.47 bits per heavy atom. The summed E-state index contributed by atoms with van der Waals surface area (Å²) in [6, 6.07) is 0. The third kappa shape index (κ3) is 4.64. The number of hydrogen-bond acceptors (Lipinski definition) is 5. The van der Waals surface area contributed by atoms with Gasteiger partial charge in [-0.15, -0.1) is 0 Å². The van der Waals surface area contributed by atoms with Crippen LogP contribution in [0.3, 0.4) is 0 Å². The van der Waals surface area contributed by atoms with Crippen molar-refractivity contribution < 1.29 is 4.79 Å². The summed E-state index contributed by atoms with van der Waals surface area (Å²) in [5.41, 5.74) is 2.11. The number of amides is 1. The number of carbonyl (C=O) groups excluding carboxylic acids is 1. The van der Waals surface area contributed by atoms with Crippen LogP contribution in [0.25, 0.3) is 11.0 Å². The van der Waals surface area contributed by atoms with Gasteiger partial charge in [0.2, 0.25) is 5.91 Å². The minimum absolute atomic E-state index is 0.0147. The lowest BCUT2D eigenvalue weighted by Crippen LogP contribution is -2.38. The predicted molar refractivity (Wildman–Crippen MR) is 118 cm³/mol. The van der Waals surface area contributed by atoms with Crippen molar-refractivity contribution in [1.29, 1.82) is 0 Å². The van der Waals surface area contributed by atoms with Crippen LogP contribution >= 0.6 is 0 Å². The third-order valence-electron chi connectivity index (χ3n) is 6.20. The minimum Gasteiger partial charge on any atom is -0.356 e. The zero-order chi connectivity index (χ0) is 21.8. The Labute approximate surface area is 176 Å². The molecule has 0 aliphatic carbocycles. The molecule has 8 nitrogen and oxygen atoms in total. The number of pyridine rings is 1. The van der Waals surface area contributed by atoms with Gasteiger partial charge in [-0.25, -0.2) is 9.78 Å². The number of nitrogens with one attached hydrogen (secondary N) is 1. The molecule has 0 bridgehead atoms. The number of aromatic nitrogens is 3. The normalized spacial score (nSPS) is 14.9.